The van der Waals surface area contributed by atoms with Crippen molar-refractivity contribution in [1.82, 2.24) is 25.1 Å². The Morgan fingerprint density at radius 3 is 2.74 bits per heavy atom. The Labute approximate surface area is 212 Å². The quantitative estimate of drug-likeness (QED) is 0.282. The molecule has 0 atom stereocenters. The van der Waals surface area contributed by atoms with E-state index in [0.717, 1.165) is 10.6 Å². The maximum atomic E-state index is 12.7. The number of fused-ring (bicyclic) bond motifs is 1. The molecule has 0 aliphatic rings. The molecule has 3 heterocycles. The number of amides is 1. The highest BCUT2D eigenvalue weighted by molar-refractivity contribution is 7.80. The van der Waals surface area contributed by atoms with Crippen molar-refractivity contribution in [2.45, 2.75) is 6.92 Å². The van der Waals surface area contributed by atoms with Gasteiger partial charge >= 0.3 is 0 Å². The minimum atomic E-state index is -0.506. The molecule has 0 unspecified atom stereocenters. The minimum Gasteiger partial charge on any atom is -0.451 e. The lowest BCUT2D eigenvalue weighted by Crippen LogP contribution is -2.34. The Morgan fingerprint density at radius 1 is 1.09 bits per heavy atom. The molecular formula is C22H14Cl2N6O2S2. The SMILES string of the molecule is Cc1nnc2sc(-c3ccccc3NC(=S)NC(=O)c3ccc(-c4cc(Cl)ccc4Cl)o3)nn12. The lowest BCUT2D eigenvalue weighted by atomic mass is 10.2. The Bertz CT molecular complexity index is 1560. The molecule has 2 aromatic carbocycles. The van der Waals surface area contributed by atoms with E-state index in [9.17, 15) is 4.79 Å². The van der Waals surface area contributed by atoms with Gasteiger partial charge in [0.15, 0.2) is 16.7 Å². The molecule has 12 heteroatoms. The molecule has 8 nitrogen and oxygen atoms in total. The summed E-state index contributed by atoms with van der Waals surface area (Å²) in [6.07, 6.45) is 0. The van der Waals surface area contributed by atoms with Crippen LogP contribution in [0.1, 0.15) is 16.4 Å². The molecular weight excluding hydrogens is 515 g/mol. The summed E-state index contributed by atoms with van der Waals surface area (Å²) in [5.41, 5.74) is 2.08. The number of aryl methyl sites for hydroxylation is 1. The molecule has 170 valence electrons. The topological polar surface area (TPSA) is 97.3 Å². The summed E-state index contributed by atoms with van der Waals surface area (Å²) >= 11 is 19.0. The van der Waals surface area contributed by atoms with Crippen LogP contribution >= 0.6 is 46.8 Å². The number of benzene rings is 2. The zero-order valence-electron chi connectivity index (χ0n) is 17.4. The Hall–Kier alpha value is -3.31. The van der Waals surface area contributed by atoms with Crippen molar-refractivity contribution in [2.75, 3.05) is 5.32 Å². The zero-order chi connectivity index (χ0) is 23.8. The van der Waals surface area contributed by atoms with Crippen molar-refractivity contribution in [3.05, 3.63) is 76.2 Å². The summed E-state index contributed by atoms with van der Waals surface area (Å²) in [6, 6.07) is 15.7. The highest BCUT2D eigenvalue weighted by atomic mass is 35.5. The second kappa shape index (κ2) is 9.15. The van der Waals surface area contributed by atoms with Crippen LogP contribution in [0, 0.1) is 6.92 Å². The summed E-state index contributed by atoms with van der Waals surface area (Å²) in [7, 11) is 0. The first kappa shape index (κ1) is 22.5. The number of nitrogens with zero attached hydrogens (tertiary/aromatic N) is 4. The first-order valence-corrected chi connectivity index (χ1v) is 11.8. The standard InChI is InChI=1S/C22H14Cl2N6O2S2/c1-11-27-28-22-30(11)29-20(34-22)13-4-2-3-5-16(13)25-21(33)26-19(31)18-9-8-17(32-18)14-10-12(23)6-7-15(14)24/h2-10H,1H3,(H2,25,26,31,33). The zero-order valence-corrected chi connectivity index (χ0v) is 20.5. The molecule has 0 saturated carbocycles. The van der Waals surface area contributed by atoms with Crippen molar-refractivity contribution >= 4 is 68.4 Å². The van der Waals surface area contributed by atoms with E-state index in [4.69, 9.17) is 39.8 Å². The highest BCUT2D eigenvalue weighted by Crippen LogP contribution is 2.33. The van der Waals surface area contributed by atoms with Crippen LogP contribution < -0.4 is 10.6 Å². The van der Waals surface area contributed by atoms with Crippen molar-refractivity contribution in [3.8, 4) is 21.9 Å². The number of nitrogens with one attached hydrogen (secondary N) is 2. The number of carbonyl (C=O) groups is 1. The van der Waals surface area contributed by atoms with E-state index in [2.05, 4.69) is 25.9 Å². The fourth-order valence-corrected chi connectivity index (χ4v) is 4.72. The Kier molecular flexibility index (Phi) is 6.05. The third-order valence-electron chi connectivity index (χ3n) is 4.80. The number of aromatic nitrogens is 4. The van der Waals surface area contributed by atoms with Gasteiger partial charge in [-0.25, -0.2) is 0 Å². The van der Waals surface area contributed by atoms with E-state index in [-0.39, 0.29) is 10.9 Å². The maximum absolute atomic E-state index is 12.7. The monoisotopic (exact) mass is 528 g/mol. The molecule has 5 aromatic rings. The van der Waals surface area contributed by atoms with Gasteiger partial charge in [-0.3, -0.25) is 10.1 Å². The fourth-order valence-electron chi connectivity index (χ4n) is 3.21. The first-order chi connectivity index (χ1) is 16.4. The molecule has 0 aliphatic heterocycles. The van der Waals surface area contributed by atoms with Gasteiger partial charge in [0.2, 0.25) is 4.96 Å². The van der Waals surface area contributed by atoms with Crippen LogP contribution in [-0.4, -0.2) is 30.8 Å². The molecule has 0 bridgehead atoms. The number of furan rings is 1. The highest BCUT2D eigenvalue weighted by Gasteiger charge is 2.17. The molecule has 0 saturated heterocycles. The van der Waals surface area contributed by atoms with Crippen LogP contribution in [0.3, 0.4) is 0 Å². The average molecular weight is 529 g/mol. The van der Waals surface area contributed by atoms with Gasteiger partial charge in [-0.1, -0.05) is 46.7 Å². The van der Waals surface area contributed by atoms with Gasteiger partial charge < -0.3 is 9.73 Å². The predicted molar refractivity (Wildman–Crippen MR) is 137 cm³/mol. The smallest absolute Gasteiger partial charge is 0.293 e. The van der Waals surface area contributed by atoms with Crippen molar-refractivity contribution in [3.63, 3.8) is 0 Å². The van der Waals surface area contributed by atoms with Gasteiger partial charge in [-0.15, -0.1) is 10.2 Å². The van der Waals surface area contributed by atoms with Gasteiger partial charge in [-0.2, -0.15) is 9.61 Å². The fraction of sp³-hybridized carbons (Fsp3) is 0.0455. The molecule has 2 N–H and O–H groups in total. The molecule has 0 aliphatic carbocycles. The number of hydrogen-bond acceptors (Lipinski definition) is 7. The Morgan fingerprint density at radius 2 is 1.91 bits per heavy atom. The van der Waals surface area contributed by atoms with Gasteiger partial charge in [-0.05, 0) is 61.6 Å². The lowest BCUT2D eigenvalue weighted by molar-refractivity contribution is 0.0951. The van der Waals surface area contributed by atoms with Crippen molar-refractivity contribution in [1.29, 1.82) is 0 Å². The normalized spacial score (nSPS) is 11.0. The lowest BCUT2D eigenvalue weighted by Gasteiger charge is -2.11. The summed E-state index contributed by atoms with van der Waals surface area (Å²) in [5.74, 6) is 0.685. The van der Waals surface area contributed by atoms with Gasteiger partial charge in [0.1, 0.15) is 10.8 Å². The Balaban J connectivity index is 1.32. The number of halogens is 2. The molecule has 0 spiro atoms. The first-order valence-electron chi connectivity index (χ1n) is 9.85. The molecule has 5 rings (SSSR count). The van der Waals surface area contributed by atoms with Gasteiger partial charge in [0, 0.05) is 16.1 Å². The minimum absolute atomic E-state index is 0.0765. The average Bonchev–Trinajstić information content (AvgIpc) is 3.54. The molecule has 0 fully saturated rings. The largest absolute Gasteiger partial charge is 0.451 e. The number of rotatable bonds is 4. The predicted octanol–water partition coefficient (Wildman–Crippen LogP) is 5.85. The number of thiocarbonyl (C=S) groups is 1. The van der Waals surface area contributed by atoms with Gasteiger partial charge in [0.05, 0.1) is 10.7 Å². The number of carbonyl (C=O) groups excluding carboxylic acids is 1. The third kappa shape index (κ3) is 4.40. The number of para-hydroxylation sites is 1. The second-order valence-corrected chi connectivity index (χ2v) is 9.30. The van der Waals surface area contributed by atoms with Crippen LogP contribution in [0.2, 0.25) is 10.0 Å². The van der Waals surface area contributed by atoms with Crippen molar-refractivity contribution in [2.24, 2.45) is 0 Å². The second-order valence-electron chi connectivity index (χ2n) is 7.09. The van der Waals surface area contributed by atoms with Crippen LogP contribution in [0.25, 0.3) is 26.9 Å². The van der Waals surface area contributed by atoms with Crippen LogP contribution in [-0.2, 0) is 0 Å². The van der Waals surface area contributed by atoms with Crippen LogP contribution in [0.5, 0.6) is 0 Å². The summed E-state index contributed by atoms with van der Waals surface area (Å²) in [6.45, 7) is 1.83. The van der Waals surface area contributed by atoms with Crippen LogP contribution in [0.4, 0.5) is 5.69 Å². The molecule has 1 amide bonds. The number of anilines is 1. The summed E-state index contributed by atoms with van der Waals surface area (Å²) in [5, 5.41) is 20.2. The molecule has 0 radical (unpaired) electrons. The summed E-state index contributed by atoms with van der Waals surface area (Å²) in [4.78, 5) is 13.4. The van der Waals surface area contributed by atoms with Crippen LogP contribution in [0.15, 0.2) is 59.0 Å². The van der Waals surface area contributed by atoms with E-state index in [1.54, 1.807) is 34.8 Å². The van der Waals surface area contributed by atoms with E-state index in [1.165, 1.54) is 11.3 Å². The summed E-state index contributed by atoms with van der Waals surface area (Å²) < 4.78 is 7.36. The molecule has 3 aromatic heterocycles. The maximum Gasteiger partial charge on any atom is 0.293 e. The van der Waals surface area contributed by atoms with E-state index < -0.39 is 5.91 Å². The van der Waals surface area contributed by atoms with E-state index >= 15 is 0 Å². The molecule has 34 heavy (non-hydrogen) atoms. The van der Waals surface area contributed by atoms with Crippen molar-refractivity contribution < 1.29 is 9.21 Å². The van der Waals surface area contributed by atoms with Gasteiger partial charge in [0.25, 0.3) is 5.91 Å². The van der Waals surface area contributed by atoms with E-state index in [1.807, 2.05) is 31.2 Å². The third-order valence-corrected chi connectivity index (χ3v) is 6.50. The van der Waals surface area contributed by atoms with E-state index in [0.29, 0.717) is 37.8 Å². The number of hydrogen-bond donors (Lipinski definition) is 2.